The molecule has 1 rings (SSSR count). The summed E-state index contributed by atoms with van der Waals surface area (Å²) >= 11 is 0. The molecule has 84 valence electrons. The summed E-state index contributed by atoms with van der Waals surface area (Å²) in [6, 6.07) is 8.95. The SMILES string of the molecule is CNCc1ccc(C(C)(C)C(C)C)cc1. The number of rotatable bonds is 4. The Hall–Kier alpha value is -0.820. The molecule has 0 unspecified atom stereocenters. The summed E-state index contributed by atoms with van der Waals surface area (Å²) in [5.41, 5.74) is 3.04. The van der Waals surface area contributed by atoms with E-state index in [9.17, 15) is 0 Å². The third-order valence-corrected chi connectivity index (χ3v) is 3.52. The van der Waals surface area contributed by atoms with Crippen molar-refractivity contribution < 1.29 is 0 Å². The van der Waals surface area contributed by atoms with Crippen LogP contribution in [0.5, 0.6) is 0 Å². The largest absolute Gasteiger partial charge is 0.316 e. The van der Waals surface area contributed by atoms with Crippen LogP contribution in [-0.4, -0.2) is 7.05 Å². The summed E-state index contributed by atoms with van der Waals surface area (Å²) in [6.45, 7) is 10.1. The quantitative estimate of drug-likeness (QED) is 0.795. The molecule has 0 aliphatic heterocycles. The van der Waals surface area contributed by atoms with Crippen LogP contribution in [0.1, 0.15) is 38.8 Å². The fourth-order valence-corrected chi connectivity index (χ4v) is 1.59. The number of nitrogens with one attached hydrogen (secondary N) is 1. The van der Waals surface area contributed by atoms with E-state index in [1.54, 1.807) is 0 Å². The van der Waals surface area contributed by atoms with Crippen molar-refractivity contribution in [2.24, 2.45) is 5.92 Å². The van der Waals surface area contributed by atoms with Gasteiger partial charge in [0, 0.05) is 6.54 Å². The molecule has 1 heteroatoms. The molecular formula is C14H23N. The maximum absolute atomic E-state index is 3.16. The van der Waals surface area contributed by atoms with Crippen molar-refractivity contribution in [3.05, 3.63) is 35.4 Å². The molecule has 0 amide bonds. The van der Waals surface area contributed by atoms with Gasteiger partial charge in [0.25, 0.3) is 0 Å². The first-order valence-corrected chi connectivity index (χ1v) is 5.72. The van der Waals surface area contributed by atoms with Crippen molar-refractivity contribution >= 4 is 0 Å². The van der Waals surface area contributed by atoms with Crippen LogP contribution in [0.2, 0.25) is 0 Å². The van der Waals surface area contributed by atoms with Gasteiger partial charge in [0.2, 0.25) is 0 Å². The highest BCUT2D eigenvalue weighted by Crippen LogP contribution is 2.31. The smallest absolute Gasteiger partial charge is 0.0202 e. The highest BCUT2D eigenvalue weighted by atomic mass is 14.8. The highest BCUT2D eigenvalue weighted by molar-refractivity contribution is 5.28. The van der Waals surface area contributed by atoms with E-state index in [1.165, 1.54) is 11.1 Å². The minimum Gasteiger partial charge on any atom is -0.316 e. The Kier molecular flexibility index (Phi) is 3.92. The fraction of sp³-hybridized carbons (Fsp3) is 0.571. The second-order valence-corrected chi connectivity index (χ2v) is 5.10. The maximum atomic E-state index is 3.16. The summed E-state index contributed by atoms with van der Waals surface area (Å²) in [7, 11) is 1.98. The molecule has 15 heavy (non-hydrogen) atoms. The molecule has 0 bridgehead atoms. The van der Waals surface area contributed by atoms with Gasteiger partial charge in [0.05, 0.1) is 0 Å². The second-order valence-electron chi connectivity index (χ2n) is 5.10. The second kappa shape index (κ2) is 4.80. The lowest BCUT2D eigenvalue weighted by Crippen LogP contribution is -2.24. The van der Waals surface area contributed by atoms with E-state index < -0.39 is 0 Å². The Bertz CT molecular complexity index is 296. The predicted molar refractivity (Wildman–Crippen MR) is 67.1 cm³/mol. The van der Waals surface area contributed by atoms with Crippen molar-refractivity contribution in [3.63, 3.8) is 0 Å². The fourth-order valence-electron chi connectivity index (χ4n) is 1.59. The Morgan fingerprint density at radius 2 is 1.67 bits per heavy atom. The minimum atomic E-state index is 0.262. The average molecular weight is 205 g/mol. The zero-order valence-corrected chi connectivity index (χ0v) is 10.6. The standard InChI is InChI=1S/C14H23N/c1-11(2)14(3,4)13-8-6-12(7-9-13)10-15-5/h6-9,11,15H,10H2,1-5H3. The molecular weight excluding hydrogens is 182 g/mol. The van der Waals surface area contributed by atoms with Gasteiger partial charge in [0.1, 0.15) is 0 Å². The van der Waals surface area contributed by atoms with Gasteiger partial charge in [-0.25, -0.2) is 0 Å². The van der Waals surface area contributed by atoms with Crippen LogP contribution in [0, 0.1) is 5.92 Å². The lowest BCUT2D eigenvalue weighted by atomic mass is 9.75. The molecule has 0 fully saturated rings. The number of benzene rings is 1. The van der Waals surface area contributed by atoms with Gasteiger partial charge in [-0.15, -0.1) is 0 Å². The highest BCUT2D eigenvalue weighted by Gasteiger charge is 2.24. The van der Waals surface area contributed by atoms with Gasteiger partial charge in [-0.1, -0.05) is 52.0 Å². The molecule has 0 aliphatic rings. The van der Waals surface area contributed by atoms with Crippen molar-refractivity contribution in [1.29, 1.82) is 0 Å². The van der Waals surface area contributed by atoms with E-state index in [0.29, 0.717) is 5.92 Å². The van der Waals surface area contributed by atoms with Gasteiger partial charge in [-0.2, -0.15) is 0 Å². The average Bonchev–Trinajstić information content (AvgIpc) is 2.19. The van der Waals surface area contributed by atoms with Crippen LogP contribution in [0.15, 0.2) is 24.3 Å². The summed E-state index contributed by atoms with van der Waals surface area (Å²) < 4.78 is 0. The van der Waals surface area contributed by atoms with Gasteiger partial charge >= 0.3 is 0 Å². The van der Waals surface area contributed by atoms with E-state index in [2.05, 4.69) is 57.3 Å². The number of hydrogen-bond donors (Lipinski definition) is 1. The molecule has 1 nitrogen and oxygen atoms in total. The molecule has 0 spiro atoms. The molecule has 0 radical (unpaired) electrons. The Balaban J connectivity index is 2.88. The van der Waals surface area contributed by atoms with Gasteiger partial charge in [-0.3, -0.25) is 0 Å². The molecule has 1 aromatic carbocycles. The van der Waals surface area contributed by atoms with E-state index in [1.807, 2.05) is 7.05 Å². The summed E-state index contributed by atoms with van der Waals surface area (Å²) in [6.07, 6.45) is 0. The Morgan fingerprint density at radius 1 is 1.13 bits per heavy atom. The number of hydrogen-bond acceptors (Lipinski definition) is 1. The van der Waals surface area contributed by atoms with Gasteiger partial charge < -0.3 is 5.32 Å². The molecule has 1 aromatic rings. The Morgan fingerprint density at radius 3 is 2.07 bits per heavy atom. The van der Waals surface area contributed by atoms with Crippen LogP contribution >= 0.6 is 0 Å². The lowest BCUT2D eigenvalue weighted by Gasteiger charge is -2.30. The predicted octanol–water partition coefficient (Wildman–Crippen LogP) is 3.34. The monoisotopic (exact) mass is 205 g/mol. The van der Waals surface area contributed by atoms with Crippen molar-refractivity contribution in [1.82, 2.24) is 5.32 Å². The van der Waals surface area contributed by atoms with Crippen molar-refractivity contribution in [3.8, 4) is 0 Å². The van der Waals surface area contributed by atoms with Crippen LogP contribution in [0.4, 0.5) is 0 Å². The van der Waals surface area contributed by atoms with Crippen LogP contribution in [-0.2, 0) is 12.0 Å². The third kappa shape index (κ3) is 2.82. The Labute approximate surface area is 93.9 Å². The molecule has 0 aliphatic carbocycles. The first-order chi connectivity index (χ1) is 6.98. The topological polar surface area (TPSA) is 12.0 Å². The third-order valence-electron chi connectivity index (χ3n) is 3.52. The molecule has 0 heterocycles. The van der Waals surface area contributed by atoms with E-state index >= 15 is 0 Å². The zero-order valence-electron chi connectivity index (χ0n) is 10.6. The lowest BCUT2D eigenvalue weighted by molar-refractivity contribution is 0.372. The summed E-state index contributed by atoms with van der Waals surface area (Å²) in [4.78, 5) is 0. The van der Waals surface area contributed by atoms with E-state index in [-0.39, 0.29) is 5.41 Å². The van der Waals surface area contributed by atoms with Crippen molar-refractivity contribution in [2.45, 2.75) is 39.7 Å². The normalized spacial score (nSPS) is 12.1. The zero-order chi connectivity index (χ0) is 11.5. The summed E-state index contributed by atoms with van der Waals surface area (Å²) in [5.74, 6) is 0.660. The van der Waals surface area contributed by atoms with E-state index in [0.717, 1.165) is 6.54 Å². The molecule has 1 N–H and O–H groups in total. The molecule has 0 saturated carbocycles. The minimum absolute atomic E-state index is 0.262. The maximum Gasteiger partial charge on any atom is 0.0202 e. The first-order valence-electron chi connectivity index (χ1n) is 5.72. The van der Waals surface area contributed by atoms with Gasteiger partial charge in [0.15, 0.2) is 0 Å². The van der Waals surface area contributed by atoms with Gasteiger partial charge in [-0.05, 0) is 29.5 Å². The van der Waals surface area contributed by atoms with Crippen molar-refractivity contribution in [2.75, 3.05) is 7.05 Å². The molecule has 0 saturated heterocycles. The molecule has 0 atom stereocenters. The van der Waals surface area contributed by atoms with Crippen LogP contribution in [0.25, 0.3) is 0 Å². The van der Waals surface area contributed by atoms with E-state index in [4.69, 9.17) is 0 Å². The summed E-state index contributed by atoms with van der Waals surface area (Å²) in [5, 5.41) is 3.16. The molecule has 0 aromatic heterocycles. The van der Waals surface area contributed by atoms with Crippen LogP contribution in [0.3, 0.4) is 0 Å². The van der Waals surface area contributed by atoms with Crippen LogP contribution < -0.4 is 5.32 Å². The first kappa shape index (κ1) is 12.3.